The largest absolute Gasteiger partial charge is 0.310 e. The average Bonchev–Trinajstić information content (AvgIpc) is 3.53. The van der Waals surface area contributed by atoms with Crippen LogP contribution < -0.4 is 4.90 Å². The summed E-state index contributed by atoms with van der Waals surface area (Å²) >= 11 is 0. The number of rotatable bonds is 8. The van der Waals surface area contributed by atoms with Crippen LogP contribution in [0.4, 0.5) is 17.1 Å². The number of hydrogen-bond donors (Lipinski definition) is 0. The summed E-state index contributed by atoms with van der Waals surface area (Å²) in [7, 11) is 0. The van der Waals surface area contributed by atoms with Crippen molar-refractivity contribution in [1.29, 1.82) is 0 Å². The fourth-order valence-corrected chi connectivity index (χ4v) is 8.94. The highest BCUT2D eigenvalue weighted by Crippen LogP contribution is 2.52. The third kappa shape index (κ3) is 6.32. The van der Waals surface area contributed by atoms with E-state index in [2.05, 4.69) is 243 Å². The molecule has 0 spiro atoms. The average molecular weight is 742 g/mol. The van der Waals surface area contributed by atoms with Crippen LogP contribution in [0, 0.1) is 0 Å². The molecular weight excluding hydrogens is 699 g/mol. The van der Waals surface area contributed by atoms with Gasteiger partial charge in [0.1, 0.15) is 0 Å². The molecule has 0 amide bonds. The van der Waals surface area contributed by atoms with Crippen LogP contribution >= 0.6 is 0 Å². The van der Waals surface area contributed by atoms with Gasteiger partial charge in [0, 0.05) is 22.4 Å². The second-order valence-corrected chi connectivity index (χ2v) is 15.7. The van der Waals surface area contributed by atoms with E-state index in [1.165, 1.54) is 77.9 Å². The van der Waals surface area contributed by atoms with Gasteiger partial charge in [0.05, 0.1) is 5.69 Å². The molecule has 0 bridgehead atoms. The fourth-order valence-electron chi connectivity index (χ4n) is 8.94. The molecule has 1 aliphatic carbocycles. The lowest BCUT2D eigenvalue weighted by Gasteiger charge is -2.30. The van der Waals surface area contributed by atoms with Crippen molar-refractivity contribution < 1.29 is 0 Å². The van der Waals surface area contributed by atoms with Gasteiger partial charge in [-0.15, -0.1) is 0 Å². The van der Waals surface area contributed by atoms with E-state index in [9.17, 15) is 0 Å². The molecule has 0 saturated heterocycles. The summed E-state index contributed by atoms with van der Waals surface area (Å²) in [5, 5.41) is 0. The van der Waals surface area contributed by atoms with E-state index in [0.717, 1.165) is 17.1 Å². The first-order chi connectivity index (χ1) is 28.5. The summed E-state index contributed by atoms with van der Waals surface area (Å²) in [6.45, 7) is 4.72. The monoisotopic (exact) mass is 741 g/mol. The standard InChI is InChI=1S/C57H43N/c1-57(2)54-31-15-14-30-51(54)52-34-33-48(39-55(52)57)58(47-27-17-26-45(37-47)44-25-16-24-43(36-44)40-18-6-3-7-19-40)56-35-32-46(38-53(56)42-22-10-5-11-23-42)50-29-13-12-28-49(50)41-20-8-4-9-21-41/h3-39H,1-2H3. The molecule has 0 unspecified atom stereocenters. The van der Waals surface area contributed by atoms with Crippen LogP contribution in [0.3, 0.4) is 0 Å². The molecule has 10 rings (SSSR count). The first kappa shape index (κ1) is 35.2. The molecule has 58 heavy (non-hydrogen) atoms. The number of nitrogens with zero attached hydrogens (tertiary/aromatic N) is 1. The van der Waals surface area contributed by atoms with Crippen molar-refractivity contribution in [2.45, 2.75) is 19.3 Å². The highest BCUT2D eigenvalue weighted by Gasteiger charge is 2.36. The Bertz CT molecular complexity index is 2910. The highest BCUT2D eigenvalue weighted by molar-refractivity contribution is 5.94. The van der Waals surface area contributed by atoms with Crippen molar-refractivity contribution in [3.8, 4) is 66.8 Å². The molecule has 1 nitrogen and oxygen atoms in total. The molecule has 0 fully saturated rings. The second-order valence-electron chi connectivity index (χ2n) is 15.7. The molecule has 0 aliphatic heterocycles. The quantitative estimate of drug-likeness (QED) is 0.150. The normalized spacial score (nSPS) is 12.4. The summed E-state index contributed by atoms with van der Waals surface area (Å²) in [4.78, 5) is 2.47. The van der Waals surface area contributed by atoms with Crippen LogP contribution in [0.2, 0.25) is 0 Å². The summed E-state index contributed by atoms with van der Waals surface area (Å²) in [5.74, 6) is 0. The molecule has 1 heteroatoms. The lowest BCUT2D eigenvalue weighted by Crippen LogP contribution is -2.17. The van der Waals surface area contributed by atoms with Crippen molar-refractivity contribution in [3.05, 3.63) is 236 Å². The van der Waals surface area contributed by atoms with Crippen LogP contribution in [0.1, 0.15) is 25.0 Å². The zero-order valence-corrected chi connectivity index (χ0v) is 32.8. The van der Waals surface area contributed by atoms with Crippen LogP contribution in [-0.2, 0) is 5.41 Å². The third-order valence-electron chi connectivity index (χ3n) is 11.9. The van der Waals surface area contributed by atoms with E-state index in [1.807, 2.05) is 0 Å². The van der Waals surface area contributed by atoms with Crippen molar-refractivity contribution in [2.75, 3.05) is 4.90 Å². The Balaban J connectivity index is 1.18. The summed E-state index contributed by atoms with van der Waals surface area (Å²) in [5.41, 5.74) is 20.5. The summed E-state index contributed by atoms with van der Waals surface area (Å²) in [6.07, 6.45) is 0. The fraction of sp³-hybridized carbons (Fsp3) is 0.0526. The van der Waals surface area contributed by atoms with Gasteiger partial charge in [-0.05, 0) is 115 Å². The van der Waals surface area contributed by atoms with Crippen molar-refractivity contribution in [1.82, 2.24) is 0 Å². The minimum Gasteiger partial charge on any atom is -0.310 e. The Morgan fingerprint density at radius 3 is 1.45 bits per heavy atom. The van der Waals surface area contributed by atoms with E-state index >= 15 is 0 Å². The first-order valence-corrected chi connectivity index (χ1v) is 20.2. The number of benzene rings is 9. The molecule has 9 aromatic rings. The Kier molecular flexibility index (Phi) is 8.92. The minimum atomic E-state index is -0.138. The van der Waals surface area contributed by atoms with Gasteiger partial charge in [0.2, 0.25) is 0 Å². The molecule has 1 aliphatic rings. The van der Waals surface area contributed by atoms with Gasteiger partial charge in [-0.1, -0.05) is 196 Å². The van der Waals surface area contributed by atoms with Crippen LogP contribution in [0.25, 0.3) is 66.8 Å². The minimum absolute atomic E-state index is 0.138. The summed E-state index contributed by atoms with van der Waals surface area (Å²) < 4.78 is 0. The predicted molar refractivity (Wildman–Crippen MR) is 246 cm³/mol. The van der Waals surface area contributed by atoms with Crippen LogP contribution in [0.5, 0.6) is 0 Å². The van der Waals surface area contributed by atoms with Gasteiger partial charge < -0.3 is 4.90 Å². The van der Waals surface area contributed by atoms with Crippen molar-refractivity contribution >= 4 is 17.1 Å². The molecule has 9 aromatic carbocycles. The number of fused-ring (bicyclic) bond motifs is 3. The maximum atomic E-state index is 2.47. The lowest BCUT2D eigenvalue weighted by molar-refractivity contribution is 0.660. The van der Waals surface area contributed by atoms with Gasteiger partial charge in [0.25, 0.3) is 0 Å². The van der Waals surface area contributed by atoms with E-state index in [4.69, 9.17) is 0 Å². The molecule has 0 atom stereocenters. The topological polar surface area (TPSA) is 3.24 Å². The van der Waals surface area contributed by atoms with Crippen molar-refractivity contribution in [2.24, 2.45) is 0 Å². The number of anilines is 3. The Labute approximate surface area is 342 Å². The molecular formula is C57H43N. The smallest absolute Gasteiger partial charge is 0.0540 e. The highest BCUT2D eigenvalue weighted by atomic mass is 15.1. The number of hydrogen-bond acceptors (Lipinski definition) is 1. The Morgan fingerprint density at radius 2 is 0.759 bits per heavy atom. The zero-order valence-electron chi connectivity index (χ0n) is 32.8. The lowest BCUT2D eigenvalue weighted by atomic mass is 9.82. The van der Waals surface area contributed by atoms with Crippen LogP contribution in [-0.4, -0.2) is 0 Å². The summed E-state index contributed by atoms with van der Waals surface area (Å²) in [6, 6.07) is 81.9. The SMILES string of the molecule is CC1(C)c2ccccc2-c2ccc(N(c3cccc(-c4cccc(-c5ccccc5)c4)c3)c3ccc(-c4ccccc4-c4ccccc4)cc3-c3ccccc3)cc21. The van der Waals surface area contributed by atoms with E-state index in [1.54, 1.807) is 0 Å². The van der Waals surface area contributed by atoms with E-state index in [0.29, 0.717) is 0 Å². The zero-order chi connectivity index (χ0) is 39.1. The first-order valence-electron chi connectivity index (χ1n) is 20.2. The Hall–Kier alpha value is -7.22. The third-order valence-corrected chi connectivity index (χ3v) is 11.9. The molecule has 0 aromatic heterocycles. The van der Waals surface area contributed by atoms with E-state index in [-0.39, 0.29) is 5.41 Å². The maximum Gasteiger partial charge on any atom is 0.0540 e. The maximum absolute atomic E-state index is 2.47. The molecule has 0 saturated carbocycles. The van der Waals surface area contributed by atoms with Gasteiger partial charge in [-0.2, -0.15) is 0 Å². The predicted octanol–water partition coefficient (Wildman–Crippen LogP) is 15.8. The van der Waals surface area contributed by atoms with Gasteiger partial charge >= 0.3 is 0 Å². The second kappa shape index (κ2) is 14.7. The van der Waals surface area contributed by atoms with Crippen molar-refractivity contribution in [3.63, 3.8) is 0 Å². The van der Waals surface area contributed by atoms with Gasteiger partial charge in [-0.3, -0.25) is 0 Å². The van der Waals surface area contributed by atoms with Gasteiger partial charge in [-0.25, -0.2) is 0 Å². The molecule has 0 N–H and O–H groups in total. The van der Waals surface area contributed by atoms with E-state index < -0.39 is 0 Å². The van der Waals surface area contributed by atoms with Gasteiger partial charge in [0.15, 0.2) is 0 Å². The molecule has 276 valence electrons. The Morgan fingerprint density at radius 1 is 0.276 bits per heavy atom. The molecule has 0 radical (unpaired) electrons. The molecule has 0 heterocycles. The van der Waals surface area contributed by atoms with Crippen LogP contribution in [0.15, 0.2) is 224 Å².